The molecule has 4 aromatic rings. The monoisotopic (exact) mass is 281 g/mol. The molecule has 4 aromatic heterocycles. The van der Waals surface area contributed by atoms with Crippen LogP contribution in [0.4, 0.5) is 0 Å². The summed E-state index contributed by atoms with van der Waals surface area (Å²) in [5.41, 5.74) is 4.00. The van der Waals surface area contributed by atoms with Crippen molar-refractivity contribution in [3.63, 3.8) is 0 Å². The van der Waals surface area contributed by atoms with Gasteiger partial charge in [-0.3, -0.25) is 4.68 Å². The molecule has 0 aliphatic rings. The van der Waals surface area contributed by atoms with Gasteiger partial charge in [-0.05, 0) is 17.7 Å². The highest BCUT2D eigenvalue weighted by Gasteiger charge is 2.16. The number of H-pyrrole nitrogens is 1. The van der Waals surface area contributed by atoms with Crippen LogP contribution in [0.3, 0.4) is 0 Å². The van der Waals surface area contributed by atoms with Crippen molar-refractivity contribution >= 4 is 22.4 Å². The molecule has 0 radical (unpaired) electrons. The van der Waals surface area contributed by atoms with Crippen LogP contribution in [0.2, 0.25) is 0 Å². The van der Waals surface area contributed by atoms with Crippen LogP contribution in [0, 0.1) is 0 Å². The Morgan fingerprint density at radius 3 is 2.95 bits per heavy atom. The molecule has 6 heteroatoms. The van der Waals surface area contributed by atoms with Gasteiger partial charge in [0.25, 0.3) is 0 Å². The van der Waals surface area contributed by atoms with E-state index < -0.39 is 0 Å². The SMILES string of the molecule is Cn1cc(-c2ccnc3[nH]ccc23)c(-c2nccs2)n1. The van der Waals surface area contributed by atoms with Crippen molar-refractivity contribution in [2.75, 3.05) is 0 Å². The Labute approximate surface area is 118 Å². The van der Waals surface area contributed by atoms with E-state index in [0.29, 0.717) is 0 Å². The summed E-state index contributed by atoms with van der Waals surface area (Å²) >= 11 is 1.60. The Morgan fingerprint density at radius 2 is 2.10 bits per heavy atom. The van der Waals surface area contributed by atoms with E-state index in [4.69, 9.17) is 0 Å². The van der Waals surface area contributed by atoms with Gasteiger partial charge in [0.2, 0.25) is 0 Å². The van der Waals surface area contributed by atoms with Gasteiger partial charge < -0.3 is 4.98 Å². The van der Waals surface area contributed by atoms with Crippen LogP contribution in [0.25, 0.3) is 32.9 Å². The summed E-state index contributed by atoms with van der Waals surface area (Å²) in [6.45, 7) is 0. The molecular weight excluding hydrogens is 270 g/mol. The number of pyridine rings is 1. The number of aromatic amines is 1. The summed E-state index contributed by atoms with van der Waals surface area (Å²) in [6.07, 6.45) is 7.54. The maximum Gasteiger partial charge on any atom is 0.144 e. The average molecular weight is 281 g/mol. The largest absolute Gasteiger partial charge is 0.346 e. The van der Waals surface area contributed by atoms with E-state index in [-0.39, 0.29) is 0 Å². The van der Waals surface area contributed by atoms with Crippen LogP contribution in [0.5, 0.6) is 0 Å². The fourth-order valence-electron chi connectivity index (χ4n) is 2.38. The summed E-state index contributed by atoms with van der Waals surface area (Å²) in [7, 11) is 1.93. The van der Waals surface area contributed by atoms with E-state index in [9.17, 15) is 0 Å². The fraction of sp³-hybridized carbons (Fsp3) is 0.0714. The lowest BCUT2D eigenvalue weighted by atomic mass is 10.0. The van der Waals surface area contributed by atoms with Gasteiger partial charge in [0.15, 0.2) is 0 Å². The third-order valence-electron chi connectivity index (χ3n) is 3.21. The van der Waals surface area contributed by atoms with Gasteiger partial charge in [0.05, 0.1) is 0 Å². The topological polar surface area (TPSA) is 59.4 Å². The highest BCUT2D eigenvalue weighted by molar-refractivity contribution is 7.13. The first-order chi connectivity index (χ1) is 9.83. The maximum absolute atomic E-state index is 4.55. The second-order valence-electron chi connectivity index (χ2n) is 4.50. The quantitative estimate of drug-likeness (QED) is 0.614. The smallest absolute Gasteiger partial charge is 0.144 e. The zero-order valence-corrected chi connectivity index (χ0v) is 11.6. The molecule has 0 saturated heterocycles. The van der Waals surface area contributed by atoms with Crippen molar-refractivity contribution in [3.05, 3.63) is 42.3 Å². The molecule has 0 amide bonds. The van der Waals surface area contributed by atoms with Gasteiger partial charge in [0, 0.05) is 48.2 Å². The lowest BCUT2D eigenvalue weighted by Gasteiger charge is -2.01. The lowest BCUT2D eigenvalue weighted by Crippen LogP contribution is -1.87. The molecule has 0 atom stereocenters. The number of hydrogen-bond donors (Lipinski definition) is 1. The predicted molar refractivity (Wildman–Crippen MR) is 79.4 cm³/mol. The summed E-state index contributed by atoms with van der Waals surface area (Å²) in [5.74, 6) is 0. The van der Waals surface area contributed by atoms with Crippen molar-refractivity contribution in [2.24, 2.45) is 7.05 Å². The molecule has 4 rings (SSSR count). The normalized spacial score (nSPS) is 11.2. The number of nitrogens with zero attached hydrogens (tertiary/aromatic N) is 4. The molecule has 4 heterocycles. The summed E-state index contributed by atoms with van der Waals surface area (Å²) in [6, 6.07) is 4.06. The summed E-state index contributed by atoms with van der Waals surface area (Å²) < 4.78 is 1.82. The van der Waals surface area contributed by atoms with Crippen molar-refractivity contribution in [2.45, 2.75) is 0 Å². The lowest BCUT2D eigenvalue weighted by molar-refractivity contribution is 0.771. The number of nitrogens with one attached hydrogen (secondary N) is 1. The number of fused-ring (bicyclic) bond motifs is 1. The van der Waals surface area contributed by atoms with Crippen LogP contribution < -0.4 is 0 Å². The molecule has 20 heavy (non-hydrogen) atoms. The molecule has 0 fully saturated rings. The van der Waals surface area contributed by atoms with Gasteiger partial charge in [-0.15, -0.1) is 11.3 Å². The molecular formula is C14H11N5S. The molecule has 0 saturated carbocycles. The fourth-order valence-corrected chi connectivity index (χ4v) is 3.01. The van der Waals surface area contributed by atoms with E-state index in [1.807, 2.05) is 47.8 Å². The first-order valence-electron chi connectivity index (χ1n) is 6.19. The molecule has 5 nitrogen and oxygen atoms in total. The minimum absolute atomic E-state index is 0.886. The van der Waals surface area contributed by atoms with Crippen molar-refractivity contribution in [1.29, 1.82) is 0 Å². The first-order valence-corrected chi connectivity index (χ1v) is 7.07. The first kappa shape index (κ1) is 11.4. The molecule has 0 aliphatic heterocycles. The Hall–Kier alpha value is -2.47. The summed E-state index contributed by atoms with van der Waals surface area (Å²) in [5, 5.41) is 8.55. The average Bonchev–Trinajstić information content (AvgIpc) is 3.17. The number of rotatable bonds is 2. The van der Waals surface area contributed by atoms with E-state index in [1.54, 1.807) is 17.5 Å². The molecule has 0 unspecified atom stereocenters. The number of thiazole rings is 1. The number of aryl methyl sites for hydroxylation is 1. The Morgan fingerprint density at radius 1 is 1.15 bits per heavy atom. The highest BCUT2D eigenvalue weighted by Crippen LogP contribution is 2.35. The van der Waals surface area contributed by atoms with Crippen LogP contribution in [-0.4, -0.2) is 24.7 Å². The molecule has 0 spiro atoms. The molecule has 0 bridgehead atoms. The van der Waals surface area contributed by atoms with Crippen molar-refractivity contribution < 1.29 is 0 Å². The van der Waals surface area contributed by atoms with E-state index >= 15 is 0 Å². The van der Waals surface area contributed by atoms with Crippen LogP contribution in [0.1, 0.15) is 0 Å². The predicted octanol–water partition coefficient (Wildman–Crippen LogP) is 3.09. The maximum atomic E-state index is 4.55. The zero-order chi connectivity index (χ0) is 13.5. The molecule has 0 aromatic carbocycles. The number of aromatic nitrogens is 5. The van der Waals surface area contributed by atoms with Crippen LogP contribution >= 0.6 is 11.3 Å². The van der Waals surface area contributed by atoms with E-state index in [2.05, 4.69) is 20.1 Å². The van der Waals surface area contributed by atoms with Gasteiger partial charge in [0.1, 0.15) is 16.3 Å². The molecule has 0 aliphatic carbocycles. The van der Waals surface area contributed by atoms with Gasteiger partial charge >= 0.3 is 0 Å². The van der Waals surface area contributed by atoms with Crippen LogP contribution in [0.15, 0.2) is 42.3 Å². The molecule has 98 valence electrons. The number of hydrogen-bond acceptors (Lipinski definition) is 4. The third-order valence-corrected chi connectivity index (χ3v) is 3.99. The summed E-state index contributed by atoms with van der Waals surface area (Å²) in [4.78, 5) is 11.8. The van der Waals surface area contributed by atoms with E-state index in [0.717, 1.165) is 32.9 Å². The zero-order valence-electron chi connectivity index (χ0n) is 10.7. The van der Waals surface area contributed by atoms with Gasteiger partial charge in [-0.2, -0.15) is 5.10 Å². The highest BCUT2D eigenvalue weighted by atomic mass is 32.1. The Balaban J connectivity index is 2.01. The van der Waals surface area contributed by atoms with Gasteiger partial charge in [-0.1, -0.05) is 0 Å². The minimum Gasteiger partial charge on any atom is -0.346 e. The Bertz CT molecular complexity index is 872. The Kier molecular flexibility index (Phi) is 2.43. The standard InChI is InChI=1S/C14H11N5S/c1-19-8-11(12(18-19)14-17-6-7-20-14)9-2-4-15-13-10(9)3-5-16-13/h2-8H,1H3,(H,15,16). The molecule has 1 N–H and O–H groups in total. The van der Waals surface area contributed by atoms with Gasteiger partial charge in [-0.25, -0.2) is 9.97 Å². The second-order valence-corrected chi connectivity index (χ2v) is 5.40. The van der Waals surface area contributed by atoms with Crippen molar-refractivity contribution in [1.82, 2.24) is 24.7 Å². The third kappa shape index (κ3) is 1.65. The van der Waals surface area contributed by atoms with E-state index in [1.165, 1.54) is 0 Å². The van der Waals surface area contributed by atoms with Crippen LogP contribution in [-0.2, 0) is 7.05 Å². The minimum atomic E-state index is 0.886. The van der Waals surface area contributed by atoms with Crippen molar-refractivity contribution in [3.8, 4) is 21.8 Å². The second kappa shape index (κ2) is 4.28.